The van der Waals surface area contributed by atoms with Gasteiger partial charge in [0.1, 0.15) is 0 Å². The molecule has 1 heteroatoms. The summed E-state index contributed by atoms with van der Waals surface area (Å²) < 4.78 is 1.49. The standard InChI is InChI=1S/C21H44N/c1-3-5-7-9-11-13-15-19-22(20-16-17-21-22)18-14-12-10-8-6-4-2/h3-21H2,1-2H3/q+1. The van der Waals surface area contributed by atoms with Crippen molar-refractivity contribution in [3.8, 4) is 0 Å². The normalized spacial score (nSPS) is 17.2. The minimum absolute atomic E-state index is 1.37. The van der Waals surface area contributed by atoms with Crippen LogP contribution in [0.25, 0.3) is 0 Å². The van der Waals surface area contributed by atoms with Gasteiger partial charge in [0.2, 0.25) is 0 Å². The molecule has 0 amide bonds. The quantitative estimate of drug-likeness (QED) is 0.233. The summed E-state index contributed by atoms with van der Waals surface area (Å²) in [4.78, 5) is 0. The average Bonchev–Trinajstić information content (AvgIpc) is 2.99. The van der Waals surface area contributed by atoms with Gasteiger partial charge in [-0.1, -0.05) is 71.6 Å². The molecule has 1 aliphatic rings. The second-order valence-corrected chi connectivity index (χ2v) is 7.83. The van der Waals surface area contributed by atoms with Crippen LogP contribution in [0.1, 0.15) is 110 Å². The Labute approximate surface area is 141 Å². The van der Waals surface area contributed by atoms with Crippen molar-refractivity contribution in [2.45, 2.75) is 110 Å². The van der Waals surface area contributed by atoms with E-state index in [-0.39, 0.29) is 0 Å². The van der Waals surface area contributed by atoms with Crippen LogP contribution in [-0.2, 0) is 0 Å². The minimum Gasteiger partial charge on any atom is -0.324 e. The van der Waals surface area contributed by atoms with Crippen molar-refractivity contribution in [1.29, 1.82) is 0 Å². The van der Waals surface area contributed by atoms with Crippen molar-refractivity contribution in [3.05, 3.63) is 0 Å². The predicted octanol–water partition coefficient (Wildman–Crippen LogP) is 6.71. The molecule has 0 saturated carbocycles. The molecule has 0 radical (unpaired) electrons. The van der Waals surface area contributed by atoms with Gasteiger partial charge < -0.3 is 4.48 Å². The summed E-state index contributed by atoms with van der Waals surface area (Å²) in [5.41, 5.74) is 0. The fourth-order valence-electron chi connectivity index (χ4n) is 4.20. The van der Waals surface area contributed by atoms with Crippen LogP contribution in [0.15, 0.2) is 0 Å². The van der Waals surface area contributed by atoms with Gasteiger partial charge in [0.25, 0.3) is 0 Å². The van der Waals surface area contributed by atoms with Crippen LogP contribution in [0.2, 0.25) is 0 Å². The van der Waals surface area contributed by atoms with Crippen LogP contribution in [0.3, 0.4) is 0 Å². The van der Waals surface area contributed by atoms with E-state index in [1.54, 1.807) is 0 Å². The predicted molar refractivity (Wildman–Crippen MR) is 100 cm³/mol. The van der Waals surface area contributed by atoms with Crippen molar-refractivity contribution in [2.24, 2.45) is 0 Å². The van der Waals surface area contributed by atoms with Gasteiger partial charge in [-0.05, 0) is 25.7 Å². The Morgan fingerprint density at radius 2 is 0.864 bits per heavy atom. The molecule has 0 aliphatic carbocycles. The first-order valence-corrected chi connectivity index (χ1v) is 10.7. The van der Waals surface area contributed by atoms with E-state index in [4.69, 9.17) is 0 Å². The van der Waals surface area contributed by atoms with E-state index < -0.39 is 0 Å². The number of hydrogen-bond acceptors (Lipinski definition) is 0. The summed E-state index contributed by atoms with van der Waals surface area (Å²) in [6.45, 7) is 10.6. The second kappa shape index (κ2) is 13.4. The molecule has 1 nitrogen and oxygen atoms in total. The molecule has 1 rings (SSSR count). The number of nitrogens with zero attached hydrogens (tertiary/aromatic N) is 1. The average molecular weight is 311 g/mol. The van der Waals surface area contributed by atoms with Crippen LogP contribution >= 0.6 is 0 Å². The fraction of sp³-hybridized carbons (Fsp3) is 1.00. The third-order valence-electron chi connectivity index (χ3n) is 5.74. The Kier molecular flexibility index (Phi) is 12.2. The Balaban J connectivity index is 2.06. The van der Waals surface area contributed by atoms with E-state index in [2.05, 4.69) is 13.8 Å². The molecular weight excluding hydrogens is 266 g/mol. The number of hydrogen-bond donors (Lipinski definition) is 0. The van der Waals surface area contributed by atoms with Gasteiger partial charge in [-0.3, -0.25) is 0 Å². The molecular formula is C21H44N+. The molecule has 1 saturated heterocycles. The molecule has 1 fully saturated rings. The van der Waals surface area contributed by atoms with Gasteiger partial charge in [0, 0.05) is 12.8 Å². The lowest BCUT2D eigenvalue weighted by molar-refractivity contribution is -0.917. The zero-order valence-corrected chi connectivity index (χ0v) is 15.9. The maximum atomic E-state index is 2.31. The molecule has 0 unspecified atom stereocenters. The third-order valence-corrected chi connectivity index (χ3v) is 5.74. The second-order valence-electron chi connectivity index (χ2n) is 7.83. The van der Waals surface area contributed by atoms with Crippen LogP contribution in [0, 0.1) is 0 Å². The zero-order valence-electron chi connectivity index (χ0n) is 15.9. The van der Waals surface area contributed by atoms with E-state index in [0.717, 1.165) is 0 Å². The maximum absolute atomic E-state index is 2.31. The third kappa shape index (κ3) is 9.18. The van der Waals surface area contributed by atoms with E-state index in [1.807, 2.05) is 0 Å². The molecule has 0 N–H and O–H groups in total. The van der Waals surface area contributed by atoms with Crippen molar-refractivity contribution in [3.63, 3.8) is 0 Å². The van der Waals surface area contributed by atoms with Gasteiger partial charge in [0.05, 0.1) is 26.2 Å². The number of quaternary nitrogens is 1. The van der Waals surface area contributed by atoms with Crippen LogP contribution in [-0.4, -0.2) is 30.7 Å². The lowest BCUT2D eigenvalue weighted by Crippen LogP contribution is -2.46. The molecule has 0 atom stereocenters. The monoisotopic (exact) mass is 310 g/mol. The van der Waals surface area contributed by atoms with E-state index in [0.29, 0.717) is 0 Å². The van der Waals surface area contributed by atoms with Gasteiger partial charge in [0.15, 0.2) is 0 Å². The van der Waals surface area contributed by atoms with Crippen molar-refractivity contribution in [1.82, 2.24) is 0 Å². The van der Waals surface area contributed by atoms with Crippen LogP contribution in [0.5, 0.6) is 0 Å². The first-order valence-electron chi connectivity index (χ1n) is 10.7. The molecule has 0 aromatic heterocycles. The highest BCUT2D eigenvalue weighted by Crippen LogP contribution is 2.23. The molecule has 0 aromatic rings. The fourth-order valence-corrected chi connectivity index (χ4v) is 4.20. The Hall–Kier alpha value is -0.0400. The van der Waals surface area contributed by atoms with Crippen molar-refractivity contribution >= 4 is 0 Å². The smallest absolute Gasteiger partial charge is 0.0788 e. The van der Waals surface area contributed by atoms with Crippen molar-refractivity contribution < 1.29 is 4.48 Å². The molecule has 132 valence electrons. The summed E-state index contributed by atoms with van der Waals surface area (Å²) >= 11 is 0. The molecule has 0 bridgehead atoms. The van der Waals surface area contributed by atoms with Gasteiger partial charge in [-0.15, -0.1) is 0 Å². The first-order chi connectivity index (χ1) is 10.8. The van der Waals surface area contributed by atoms with E-state index >= 15 is 0 Å². The van der Waals surface area contributed by atoms with E-state index in [9.17, 15) is 0 Å². The van der Waals surface area contributed by atoms with E-state index in [1.165, 1.54) is 127 Å². The number of rotatable bonds is 15. The zero-order chi connectivity index (χ0) is 15.9. The summed E-state index contributed by atoms with van der Waals surface area (Å²) in [6.07, 6.45) is 21.9. The summed E-state index contributed by atoms with van der Waals surface area (Å²) in [7, 11) is 0. The summed E-state index contributed by atoms with van der Waals surface area (Å²) in [6, 6.07) is 0. The summed E-state index contributed by atoms with van der Waals surface area (Å²) in [5.74, 6) is 0. The highest BCUT2D eigenvalue weighted by atomic mass is 15.4. The molecule has 0 spiro atoms. The molecule has 22 heavy (non-hydrogen) atoms. The number of unbranched alkanes of at least 4 members (excludes halogenated alkanes) is 11. The molecule has 1 heterocycles. The largest absolute Gasteiger partial charge is 0.324 e. The highest BCUT2D eigenvalue weighted by molar-refractivity contribution is 4.57. The lowest BCUT2D eigenvalue weighted by Gasteiger charge is -2.34. The topological polar surface area (TPSA) is 0 Å². The van der Waals surface area contributed by atoms with Gasteiger partial charge in [-0.25, -0.2) is 0 Å². The van der Waals surface area contributed by atoms with Crippen LogP contribution in [0.4, 0.5) is 0 Å². The molecule has 1 aliphatic heterocycles. The Morgan fingerprint density at radius 1 is 0.500 bits per heavy atom. The van der Waals surface area contributed by atoms with Crippen molar-refractivity contribution in [2.75, 3.05) is 26.2 Å². The SMILES string of the molecule is CCCCCCCCC[N+]1(CCCCCCCC)CCCC1. The summed E-state index contributed by atoms with van der Waals surface area (Å²) in [5, 5.41) is 0. The molecule has 0 aromatic carbocycles. The maximum Gasteiger partial charge on any atom is 0.0788 e. The first kappa shape index (κ1) is 20.0. The van der Waals surface area contributed by atoms with Gasteiger partial charge in [-0.2, -0.15) is 0 Å². The highest BCUT2D eigenvalue weighted by Gasteiger charge is 2.30. The number of likely N-dealkylation sites (tertiary alicyclic amines) is 1. The van der Waals surface area contributed by atoms with Crippen LogP contribution < -0.4 is 0 Å². The Morgan fingerprint density at radius 3 is 1.27 bits per heavy atom. The Bertz CT molecular complexity index is 230. The van der Waals surface area contributed by atoms with Gasteiger partial charge >= 0.3 is 0 Å². The minimum atomic E-state index is 1.37. The lowest BCUT2D eigenvalue weighted by atomic mass is 10.1.